The van der Waals surface area contributed by atoms with E-state index in [2.05, 4.69) is 31.5 Å². The summed E-state index contributed by atoms with van der Waals surface area (Å²) in [5, 5.41) is 14.0. The van der Waals surface area contributed by atoms with E-state index in [1.165, 1.54) is 12.1 Å². The van der Waals surface area contributed by atoms with Crippen molar-refractivity contribution in [2.24, 2.45) is 0 Å². The van der Waals surface area contributed by atoms with E-state index in [1.54, 1.807) is 12.1 Å². The van der Waals surface area contributed by atoms with Gasteiger partial charge >= 0.3 is 0 Å². The number of nitrogens with one attached hydrogen (secondary N) is 3. The van der Waals surface area contributed by atoms with Crippen LogP contribution in [0.15, 0.2) is 60.7 Å². The van der Waals surface area contributed by atoms with Crippen molar-refractivity contribution in [3.8, 4) is 0 Å². The Morgan fingerprint density at radius 3 is 2.54 bits per heavy atom. The Balaban J connectivity index is 1.64. The highest BCUT2D eigenvalue weighted by atomic mass is 35.5. The number of hydrogen-bond acceptors (Lipinski definition) is 5. The second-order valence-corrected chi connectivity index (χ2v) is 8.41. The van der Waals surface area contributed by atoms with Gasteiger partial charge in [0.15, 0.2) is 12.1 Å². The quantitative estimate of drug-likeness (QED) is 0.214. The van der Waals surface area contributed by atoms with Gasteiger partial charge in [0.2, 0.25) is 0 Å². The number of hydrogen-bond donors (Lipinski definition) is 3. The van der Waals surface area contributed by atoms with Crippen LogP contribution in [0.1, 0.15) is 53.3 Å². The second-order valence-electron chi connectivity index (χ2n) is 8.01. The minimum atomic E-state index is -1.32. The molecule has 0 amide bonds. The molecule has 1 atom stereocenters. The molecule has 1 aromatic heterocycles. The molecule has 1 aliphatic rings. The van der Waals surface area contributed by atoms with Crippen molar-refractivity contribution in [3.05, 3.63) is 105 Å². The van der Waals surface area contributed by atoms with Crippen LogP contribution in [-0.4, -0.2) is 20.6 Å². The normalized spacial score (nSPS) is 15.7. The summed E-state index contributed by atoms with van der Waals surface area (Å²) in [6.07, 6.45) is 2.99. The van der Waals surface area contributed by atoms with Gasteiger partial charge in [0, 0.05) is 5.56 Å². The van der Waals surface area contributed by atoms with E-state index in [1.807, 2.05) is 55.5 Å². The first kappa shape index (κ1) is 22.9. The predicted octanol–water partition coefficient (Wildman–Crippen LogP) is 6.43. The van der Waals surface area contributed by atoms with Crippen molar-refractivity contribution in [2.45, 2.75) is 19.6 Å². The van der Waals surface area contributed by atoms with Crippen molar-refractivity contribution < 1.29 is 8.78 Å². The lowest BCUT2D eigenvalue weighted by molar-refractivity contribution is 0.314. The molecule has 2 heterocycles. The molecule has 35 heavy (non-hydrogen) atoms. The standard InChI is InChI=1S/C26H21ClF2N6/c1-2-19(20-10-9-18(28)14-22(20)27)25(17-8-11-23-21(13-17)26(29)33-30-23)16-6-3-15(4-7-16)5-12-24-31-34-35-32-24/h3-14,26,30,33H,2H2,1H3,(H,31,32,34,35)/b12-5+,25-19+. The van der Waals surface area contributed by atoms with Gasteiger partial charge in [-0.1, -0.05) is 61.0 Å². The lowest BCUT2D eigenvalue weighted by atomic mass is 9.87. The Morgan fingerprint density at radius 2 is 1.83 bits per heavy atom. The Hall–Kier alpha value is -3.88. The van der Waals surface area contributed by atoms with Crippen LogP contribution < -0.4 is 10.9 Å². The molecule has 0 aliphatic carbocycles. The molecule has 0 radical (unpaired) electrons. The molecule has 0 fully saturated rings. The zero-order valence-electron chi connectivity index (χ0n) is 18.7. The van der Waals surface area contributed by atoms with Crippen LogP contribution in [0.2, 0.25) is 5.02 Å². The Morgan fingerprint density at radius 1 is 1.03 bits per heavy atom. The first-order valence-corrected chi connectivity index (χ1v) is 11.4. The number of fused-ring (bicyclic) bond motifs is 1. The van der Waals surface area contributed by atoms with Gasteiger partial charge in [-0.05, 0) is 80.6 Å². The fourth-order valence-corrected chi connectivity index (χ4v) is 4.47. The summed E-state index contributed by atoms with van der Waals surface area (Å²) in [4.78, 5) is 0. The topological polar surface area (TPSA) is 78.5 Å². The molecule has 5 rings (SSSR count). The van der Waals surface area contributed by atoms with Crippen LogP contribution in [0.4, 0.5) is 14.5 Å². The molecule has 0 spiro atoms. The van der Waals surface area contributed by atoms with E-state index in [0.29, 0.717) is 28.5 Å². The highest BCUT2D eigenvalue weighted by molar-refractivity contribution is 6.32. The van der Waals surface area contributed by atoms with Crippen molar-refractivity contribution in [2.75, 3.05) is 5.43 Å². The van der Waals surface area contributed by atoms with E-state index in [-0.39, 0.29) is 0 Å². The molecule has 6 nitrogen and oxygen atoms in total. The molecule has 1 unspecified atom stereocenters. The molecule has 4 aromatic rings. The van der Waals surface area contributed by atoms with Gasteiger partial charge in [0.05, 0.1) is 10.7 Å². The summed E-state index contributed by atoms with van der Waals surface area (Å²) in [6.45, 7) is 2.02. The number of anilines is 1. The molecular formula is C26H21ClF2N6. The summed E-state index contributed by atoms with van der Waals surface area (Å²) in [5.74, 6) is 0.152. The van der Waals surface area contributed by atoms with Crippen LogP contribution in [0.25, 0.3) is 23.3 Å². The van der Waals surface area contributed by atoms with Crippen molar-refractivity contribution >= 4 is 40.6 Å². The predicted molar refractivity (Wildman–Crippen MR) is 134 cm³/mol. The van der Waals surface area contributed by atoms with E-state index < -0.39 is 12.1 Å². The van der Waals surface area contributed by atoms with Crippen LogP contribution in [0.3, 0.4) is 0 Å². The summed E-state index contributed by atoms with van der Waals surface area (Å²) in [5.41, 5.74) is 12.0. The lowest BCUT2D eigenvalue weighted by Crippen LogP contribution is -2.14. The van der Waals surface area contributed by atoms with E-state index in [0.717, 1.165) is 33.4 Å². The maximum atomic E-state index is 14.5. The van der Waals surface area contributed by atoms with Gasteiger partial charge in [0.1, 0.15) is 5.82 Å². The van der Waals surface area contributed by atoms with Gasteiger partial charge in [-0.15, -0.1) is 5.10 Å². The van der Waals surface area contributed by atoms with Crippen molar-refractivity contribution in [1.29, 1.82) is 0 Å². The minimum Gasteiger partial charge on any atom is -0.318 e. The molecule has 9 heteroatoms. The minimum absolute atomic E-state index is 0.326. The van der Waals surface area contributed by atoms with Crippen molar-refractivity contribution in [3.63, 3.8) is 0 Å². The average molecular weight is 491 g/mol. The van der Waals surface area contributed by atoms with Crippen LogP contribution in [0.5, 0.6) is 0 Å². The highest BCUT2D eigenvalue weighted by Gasteiger charge is 2.23. The number of tetrazole rings is 1. The second kappa shape index (κ2) is 9.77. The van der Waals surface area contributed by atoms with Gasteiger partial charge in [0.25, 0.3) is 0 Å². The van der Waals surface area contributed by atoms with E-state index in [9.17, 15) is 8.78 Å². The van der Waals surface area contributed by atoms with Gasteiger partial charge in [-0.25, -0.2) is 19.3 Å². The van der Waals surface area contributed by atoms with E-state index >= 15 is 0 Å². The first-order valence-electron chi connectivity index (χ1n) is 11.0. The SMILES string of the molecule is CC/C(=C(/c1ccc(/C=C/c2nnn[nH]2)cc1)c1ccc2c(c1)C(F)NN2)c1ccc(F)cc1Cl. The largest absolute Gasteiger partial charge is 0.318 e. The van der Waals surface area contributed by atoms with Crippen LogP contribution in [-0.2, 0) is 0 Å². The zero-order chi connectivity index (χ0) is 24.4. The molecule has 0 bridgehead atoms. The molecule has 0 saturated heterocycles. The fourth-order valence-electron chi connectivity index (χ4n) is 4.19. The van der Waals surface area contributed by atoms with Crippen molar-refractivity contribution in [1.82, 2.24) is 26.0 Å². The summed E-state index contributed by atoms with van der Waals surface area (Å²) < 4.78 is 28.3. The lowest BCUT2D eigenvalue weighted by Gasteiger charge is -2.18. The fraction of sp³-hybridized carbons (Fsp3) is 0.115. The Kier molecular flexibility index (Phi) is 6.39. The third-order valence-corrected chi connectivity index (χ3v) is 6.17. The average Bonchev–Trinajstić information content (AvgIpc) is 3.52. The summed E-state index contributed by atoms with van der Waals surface area (Å²) >= 11 is 6.47. The number of alkyl halides is 1. The maximum absolute atomic E-state index is 14.5. The molecule has 176 valence electrons. The number of aromatic nitrogens is 4. The first-order chi connectivity index (χ1) is 17.0. The Labute approximate surface area is 205 Å². The monoisotopic (exact) mass is 490 g/mol. The molecule has 0 saturated carbocycles. The number of halogens is 3. The zero-order valence-corrected chi connectivity index (χ0v) is 19.4. The van der Waals surface area contributed by atoms with E-state index in [4.69, 9.17) is 11.6 Å². The van der Waals surface area contributed by atoms with Crippen LogP contribution in [0, 0.1) is 5.82 Å². The van der Waals surface area contributed by atoms with Gasteiger partial charge in [-0.3, -0.25) is 0 Å². The van der Waals surface area contributed by atoms with Crippen LogP contribution >= 0.6 is 11.6 Å². The maximum Gasteiger partial charge on any atom is 0.195 e. The smallest absolute Gasteiger partial charge is 0.195 e. The number of hydrazine groups is 1. The number of rotatable bonds is 6. The van der Waals surface area contributed by atoms with Gasteiger partial charge in [-0.2, -0.15) is 0 Å². The summed E-state index contributed by atoms with van der Waals surface area (Å²) in [7, 11) is 0. The third-order valence-electron chi connectivity index (χ3n) is 5.85. The number of nitrogens with zero attached hydrogens (tertiary/aromatic N) is 3. The number of allylic oxidation sites excluding steroid dienone is 1. The molecule has 1 aliphatic heterocycles. The highest BCUT2D eigenvalue weighted by Crippen LogP contribution is 2.40. The summed E-state index contributed by atoms with van der Waals surface area (Å²) in [6, 6.07) is 18.0. The van der Waals surface area contributed by atoms with Gasteiger partial charge < -0.3 is 5.43 Å². The number of H-pyrrole nitrogens is 1. The third kappa shape index (κ3) is 4.71. The molecule has 3 N–H and O–H groups in total. The molecular weight excluding hydrogens is 470 g/mol. The molecule has 3 aromatic carbocycles. The number of benzene rings is 3. The Bertz CT molecular complexity index is 1410. The number of aromatic amines is 1.